The molecule has 2 saturated heterocycles. The van der Waals surface area contributed by atoms with Crippen molar-refractivity contribution in [2.45, 2.75) is 39.5 Å². The molecule has 2 atom stereocenters. The second-order valence-electron chi connectivity index (χ2n) is 9.60. The number of fused-ring (bicyclic) bond motifs is 1. The summed E-state index contributed by atoms with van der Waals surface area (Å²) in [6.45, 7) is 9.19. The second kappa shape index (κ2) is 9.53. The first kappa shape index (κ1) is 22.6. The molecule has 4 rings (SSSR count). The lowest BCUT2D eigenvalue weighted by molar-refractivity contribution is -0.117. The molecule has 0 unspecified atom stereocenters. The number of aromatic nitrogens is 1. The van der Waals surface area contributed by atoms with Crippen molar-refractivity contribution in [3.05, 3.63) is 23.9 Å². The molecule has 2 aliphatic rings. The van der Waals surface area contributed by atoms with Crippen molar-refractivity contribution in [1.29, 1.82) is 0 Å². The highest BCUT2D eigenvalue weighted by atomic mass is 16.5. The highest BCUT2D eigenvalue weighted by Crippen LogP contribution is 2.37. The lowest BCUT2D eigenvalue weighted by Gasteiger charge is -2.34. The van der Waals surface area contributed by atoms with Crippen LogP contribution >= 0.6 is 0 Å². The molecule has 0 spiro atoms. The van der Waals surface area contributed by atoms with Gasteiger partial charge in [0.25, 0.3) is 5.91 Å². The van der Waals surface area contributed by atoms with Gasteiger partial charge >= 0.3 is 0 Å². The average Bonchev–Trinajstić information content (AvgIpc) is 3.30. The minimum Gasteiger partial charge on any atom is -0.497 e. The molecular formula is C25H36N4O3. The zero-order valence-corrected chi connectivity index (χ0v) is 19.8. The number of carbonyl (C=O) groups excluding carboxylic acids is 2. The molecule has 0 aliphatic carbocycles. The lowest BCUT2D eigenvalue weighted by Crippen LogP contribution is -2.40. The Bertz CT molecular complexity index is 989. The Kier molecular flexibility index (Phi) is 6.74. The van der Waals surface area contributed by atoms with Gasteiger partial charge in [0.15, 0.2) is 0 Å². The molecule has 2 fully saturated rings. The van der Waals surface area contributed by atoms with Crippen LogP contribution in [-0.2, 0) is 11.8 Å². The van der Waals surface area contributed by atoms with E-state index in [0.29, 0.717) is 36.6 Å². The summed E-state index contributed by atoms with van der Waals surface area (Å²) in [5, 5.41) is 3.99. The summed E-state index contributed by atoms with van der Waals surface area (Å²) < 4.78 is 7.31. The van der Waals surface area contributed by atoms with E-state index in [-0.39, 0.29) is 11.8 Å². The van der Waals surface area contributed by atoms with E-state index >= 15 is 0 Å². The predicted molar refractivity (Wildman–Crippen MR) is 127 cm³/mol. The van der Waals surface area contributed by atoms with Gasteiger partial charge in [0.1, 0.15) is 11.4 Å². The van der Waals surface area contributed by atoms with E-state index in [0.717, 1.165) is 55.2 Å². The molecule has 7 heteroatoms. The maximum atomic E-state index is 13.3. The van der Waals surface area contributed by atoms with Gasteiger partial charge in [0, 0.05) is 45.0 Å². The van der Waals surface area contributed by atoms with Crippen LogP contribution < -0.4 is 15.0 Å². The number of anilines is 1. The zero-order chi connectivity index (χ0) is 22.8. The molecule has 174 valence electrons. The molecule has 1 aromatic carbocycles. The molecule has 1 N–H and O–H groups in total. The Labute approximate surface area is 190 Å². The van der Waals surface area contributed by atoms with Crippen LogP contribution in [0.2, 0.25) is 0 Å². The van der Waals surface area contributed by atoms with Gasteiger partial charge in [-0.1, -0.05) is 13.8 Å². The number of hydrogen-bond acceptors (Lipinski definition) is 4. The first-order chi connectivity index (χ1) is 15.4. The van der Waals surface area contributed by atoms with Gasteiger partial charge in [-0.25, -0.2) is 0 Å². The molecule has 0 radical (unpaired) electrons. The van der Waals surface area contributed by atoms with Crippen LogP contribution in [0.3, 0.4) is 0 Å². The van der Waals surface area contributed by atoms with Gasteiger partial charge in [0.2, 0.25) is 5.91 Å². The number of hydrogen-bond donors (Lipinski definition) is 1. The molecule has 1 aromatic heterocycles. The van der Waals surface area contributed by atoms with E-state index in [2.05, 4.69) is 24.1 Å². The molecule has 2 amide bonds. The third kappa shape index (κ3) is 4.49. The number of nitrogens with zero attached hydrogens (tertiary/aromatic N) is 3. The van der Waals surface area contributed by atoms with Crippen molar-refractivity contribution in [3.8, 4) is 5.75 Å². The third-order valence-corrected chi connectivity index (χ3v) is 6.82. The van der Waals surface area contributed by atoms with Crippen LogP contribution in [0.15, 0.2) is 18.2 Å². The fourth-order valence-electron chi connectivity index (χ4n) is 5.51. The summed E-state index contributed by atoms with van der Waals surface area (Å²) in [7, 11) is 3.52. The summed E-state index contributed by atoms with van der Waals surface area (Å²) in [4.78, 5) is 30.2. The maximum absolute atomic E-state index is 13.3. The highest BCUT2D eigenvalue weighted by molar-refractivity contribution is 6.14. The standard InChI is InChI=1S/C25H36N4O3/c1-17-13-18(2)16-28(15-17)11-6-10-26-25(31)24-23(29-12-5-7-22(29)30)20-14-19(32-4)8-9-21(20)27(24)3/h8-9,14,17-18H,5-7,10-13,15-16H2,1-4H3,(H,26,31)/t17-,18-/m1/s1. The third-order valence-electron chi connectivity index (χ3n) is 6.82. The average molecular weight is 441 g/mol. The van der Waals surface area contributed by atoms with E-state index in [9.17, 15) is 9.59 Å². The summed E-state index contributed by atoms with van der Waals surface area (Å²) in [6.07, 6.45) is 3.55. The number of rotatable bonds is 7. The Morgan fingerprint density at radius 3 is 2.62 bits per heavy atom. The van der Waals surface area contributed by atoms with Crippen LogP contribution in [0.1, 0.15) is 50.0 Å². The number of carbonyl (C=O) groups is 2. The van der Waals surface area contributed by atoms with Crippen molar-refractivity contribution < 1.29 is 14.3 Å². The minimum atomic E-state index is -0.127. The smallest absolute Gasteiger partial charge is 0.270 e. The Morgan fingerprint density at radius 1 is 1.22 bits per heavy atom. The van der Waals surface area contributed by atoms with E-state index < -0.39 is 0 Å². The van der Waals surface area contributed by atoms with E-state index in [4.69, 9.17) is 4.74 Å². The molecule has 3 heterocycles. The fourth-order valence-corrected chi connectivity index (χ4v) is 5.51. The fraction of sp³-hybridized carbons (Fsp3) is 0.600. The number of benzene rings is 1. The number of ether oxygens (including phenoxy) is 1. The number of aryl methyl sites for hydroxylation is 1. The van der Waals surface area contributed by atoms with Gasteiger partial charge in [-0.2, -0.15) is 0 Å². The maximum Gasteiger partial charge on any atom is 0.270 e. The Balaban J connectivity index is 1.51. The topological polar surface area (TPSA) is 66.8 Å². The van der Waals surface area contributed by atoms with Gasteiger partial charge < -0.3 is 24.4 Å². The van der Waals surface area contributed by atoms with Crippen LogP contribution in [0.4, 0.5) is 5.69 Å². The first-order valence-electron chi connectivity index (χ1n) is 11.9. The molecule has 7 nitrogen and oxygen atoms in total. The van der Waals surface area contributed by atoms with Crippen molar-refractivity contribution >= 4 is 28.4 Å². The van der Waals surface area contributed by atoms with Gasteiger partial charge in [-0.15, -0.1) is 0 Å². The molecule has 2 aromatic rings. The largest absolute Gasteiger partial charge is 0.497 e. The number of piperidine rings is 1. The van der Waals surface area contributed by atoms with E-state index in [1.54, 1.807) is 12.0 Å². The van der Waals surface area contributed by atoms with E-state index in [1.807, 2.05) is 29.8 Å². The molecule has 2 aliphatic heterocycles. The number of amides is 2. The molecular weight excluding hydrogens is 404 g/mol. The lowest BCUT2D eigenvalue weighted by atomic mass is 9.92. The summed E-state index contributed by atoms with van der Waals surface area (Å²) >= 11 is 0. The van der Waals surface area contributed by atoms with Crippen molar-refractivity contribution in [2.24, 2.45) is 18.9 Å². The SMILES string of the molecule is COc1ccc2c(c1)c(N1CCCC1=O)c(C(=O)NCCCN1C[C@H](C)C[C@@H](C)C1)n2C. The van der Waals surface area contributed by atoms with E-state index in [1.165, 1.54) is 6.42 Å². The summed E-state index contributed by atoms with van der Waals surface area (Å²) in [5.41, 5.74) is 2.17. The quantitative estimate of drug-likeness (QED) is 0.670. The molecule has 0 bridgehead atoms. The van der Waals surface area contributed by atoms with Gasteiger partial charge in [0.05, 0.1) is 18.3 Å². The van der Waals surface area contributed by atoms with Crippen LogP contribution in [0.25, 0.3) is 10.9 Å². The Hall–Kier alpha value is -2.54. The van der Waals surface area contributed by atoms with Crippen molar-refractivity contribution in [2.75, 3.05) is 44.7 Å². The Morgan fingerprint density at radius 2 is 1.97 bits per heavy atom. The number of nitrogens with one attached hydrogen (secondary N) is 1. The van der Waals surface area contributed by atoms with Gasteiger partial charge in [-0.05, 0) is 55.8 Å². The predicted octanol–water partition coefficient (Wildman–Crippen LogP) is 3.41. The van der Waals surface area contributed by atoms with Gasteiger partial charge in [-0.3, -0.25) is 9.59 Å². The van der Waals surface area contributed by atoms with Crippen LogP contribution in [0.5, 0.6) is 5.75 Å². The summed E-state index contributed by atoms with van der Waals surface area (Å²) in [6, 6.07) is 5.76. The number of methoxy groups -OCH3 is 1. The first-order valence-corrected chi connectivity index (χ1v) is 11.9. The van der Waals surface area contributed by atoms with Crippen molar-refractivity contribution in [3.63, 3.8) is 0 Å². The summed E-state index contributed by atoms with van der Waals surface area (Å²) in [5.74, 6) is 2.14. The molecule has 0 saturated carbocycles. The molecule has 32 heavy (non-hydrogen) atoms. The van der Waals surface area contributed by atoms with Crippen LogP contribution in [0, 0.1) is 11.8 Å². The highest BCUT2D eigenvalue weighted by Gasteiger charge is 2.31. The zero-order valence-electron chi connectivity index (χ0n) is 19.8. The number of likely N-dealkylation sites (tertiary alicyclic amines) is 1. The normalized spacial score (nSPS) is 22.0. The second-order valence-corrected chi connectivity index (χ2v) is 9.60. The minimum absolute atomic E-state index is 0.0720. The monoisotopic (exact) mass is 440 g/mol. The van der Waals surface area contributed by atoms with Crippen molar-refractivity contribution in [1.82, 2.24) is 14.8 Å². The van der Waals surface area contributed by atoms with Crippen LogP contribution in [-0.4, -0.2) is 61.1 Å².